The highest BCUT2D eigenvalue weighted by Crippen LogP contribution is 2.33. The van der Waals surface area contributed by atoms with Crippen LogP contribution in [0.15, 0.2) is 133 Å². The van der Waals surface area contributed by atoms with Gasteiger partial charge in [0.15, 0.2) is 0 Å². The summed E-state index contributed by atoms with van der Waals surface area (Å²) in [5, 5.41) is 15.7. The molecule has 4 aromatic carbocycles. The number of allylic oxidation sites excluding steroid dienone is 1. The monoisotopic (exact) mass is 738 g/mol. The number of carboxylic acid groups (broad SMARTS) is 1. The topological polar surface area (TPSA) is 130 Å². The molecule has 282 valence electrons. The maximum atomic E-state index is 13.7. The van der Waals surface area contributed by atoms with Gasteiger partial charge in [0.2, 0.25) is 5.91 Å². The van der Waals surface area contributed by atoms with E-state index in [1.54, 1.807) is 24.8 Å². The molecule has 1 unspecified atom stereocenters. The van der Waals surface area contributed by atoms with Gasteiger partial charge in [-0.15, -0.1) is 0 Å². The van der Waals surface area contributed by atoms with Gasteiger partial charge in [0, 0.05) is 43.1 Å². The van der Waals surface area contributed by atoms with Crippen molar-refractivity contribution in [1.82, 2.24) is 20.1 Å². The van der Waals surface area contributed by atoms with Crippen LogP contribution in [0.1, 0.15) is 65.8 Å². The number of hydrogen-bond acceptors (Lipinski definition) is 5. The van der Waals surface area contributed by atoms with Crippen molar-refractivity contribution in [3.8, 4) is 22.4 Å². The first-order valence-corrected chi connectivity index (χ1v) is 18.6. The van der Waals surface area contributed by atoms with Crippen molar-refractivity contribution in [3.05, 3.63) is 155 Å². The van der Waals surface area contributed by atoms with E-state index in [9.17, 15) is 24.3 Å². The Morgan fingerprint density at radius 1 is 0.764 bits per heavy atom. The van der Waals surface area contributed by atoms with Crippen molar-refractivity contribution in [3.63, 3.8) is 0 Å². The fourth-order valence-corrected chi connectivity index (χ4v) is 6.99. The van der Waals surface area contributed by atoms with E-state index in [0.29, 0.717) is 62.3 Å². The van der Waals surface area contributed by atoms with Crippen LogP contribution in [0.5, 0.6) is 0 Å². The molecule has 55 heavy (non-hydrogen) atoms. The summed E-state index contributed by atoms with van der Waals surface area (Å²) in [4.78, 5) is 53.5. The summed E-state index contributed by atoms with van der Waals surface area (Å²) < 4.78 is 7.72. The highest BCUT2D eigenvalue weighted by molar-refractivity contribution is 5.95. The molecule has 5 aromatic rings. The summed E-state index contributed by atoms with van der Waals surface area (Å²) in [5.74, 6) is -1.58. The minimum absolute atomic E-state index is 0.0964. The predicted octanol–water partition coefficient (Wildman–Crippen LogP) is 8.29. The fourth-order valence-electron chi connectivity index (χ4n) is 6.99. The van der Waals surface area contributed by atoms with Gasteiger partial charge in [0.25, 0.3) is 0 Å². The molecule has 1 aromatic heterocycles. The lowest BCUT2D eigenvalue weighted by atomic mass is 9.93. The summed E-state index contributed by atoms with van der Waals surface area (Å²) >= 11 is 0. The summed E-state index contributed by atoms with van der Waals surface area (Å²) in [7, 11) is 0. The Hall–Kier alpha value is -6.42. The SMILES string of the molecule is CC1=C(C(=O)OCc2ccccc2)C(c2ccc(-c3ccccc3)cc2)NC(=O)N1CCCCCC(=O)NCCn1c(-c2ccccc2)cc(C(=O)O)c1C. The van der Waals surface area contributed by atoms with Gasteiger partial charge in [-0.1, -0.05) is 122 Å². The largest absolute Gasteiger partial charge is 0.478 e. The van der Waals surface area contributed by atoms with E-state index in [4.69, 9.17) is 4.74 Å². The molecule has 0 aliphatic carbocycles. The van der Waals surface area contributed by atoms with Gasteiger partial charge < -0.3 is 25.0 Å². The van der Waals surface area contributed by atoms with Crippen LogP contribution in [0.4, 0.5) is 4.79 Å². The normalized spacial score (nSPS) is 14.0. The van der Waals surface area contributed by atoms with Crippen molar-refractivity contribution in [2.45, 2.75) is 58.7 Å². The van der Waals surface area contributed by atoms with Gasteiger partial charge in [0.1, 0.15) is 6.61 Å². The molecule has 0 bridgehead atoms. The molecule has 3 amide bonds. The van der Waals surface area contributed by atoms with E-state index < -0.39 is 18.0 Å². The molecule has 0 radical (unpaired) electrons. The summed E-state index contributed by atoms with van der Waals surface area (Å²) in [6.07, 6.45) is 2.25. The minimum atomic E-state index is -0.988. The van der Waals surface area contributed by atoms with E-state index in [0.717, 1.165) is 33.5 Å². The Kier molecular flexibility index (Phi) is 12.6. The molecular formula is C45H46N4O6. The molecule has 10 nitrogen and oxygen atoms in total. The van der Waals surface area contributed by atoms with Gasteiger partial charge in [-0.05, 0) is 60.6 Å². The number of rotatable bonds is 16. The van der Waals surface area contributed by atoms with Gasteiger partial charge in [-0.25, -0.2) is 14.4 Å². The van der Waals surface area contributed by atoms with Gasteiger partial charge in [-0.2, -0.15) is 0 Å². The average molecular weight is 739 g/mol. The predicted molar refractivity (Wildman–Crippen MR) is 212 cm³/mol. The molecule has 0 saturated carbocycles. The highest BCUT2D eigenvalue weighted by atomic mass is 16.5. The first-order chi connectivity index (χ1) is 26.7. The number of amides is 3. The Bertz CT molecular complexity index is 2140. The fraction of sp³-hybridized carbons (Fsp3) is 0.244. The van der Waals surface area contributed by atoms with Gasteiger partial charge in [-0.3, -0.25) is 9.69 Å². The van der Waals surface area contributed by atoms with Crippen LogP contribution in [0.2, 0.25) is 0 Å². The number of unbranched alkanes of at least 4 members (excludes halogenated alkanes) is 2. The number of carbonyl (C=O) groups is 4. The first kappa shape index (κ1) is 38.3. The second kappa shape index (κ2) is 18.1. The van der Waals surface area contributed by atoms with Crippen LogP contribution in [-0.2, 0) is 27.5 Å². The number of hydrogen-bond donors (Lipinski definition) is 3. The maximum absolute atomic E-state index is 13.7. The zero-order valence-electron chi connectivity index (χ0n) is 31.2. The smallest absolute Gasteiger partial charge is 0.338 e. The van der Waals surface area contributed by atoms with Gasteiger partial charge in [0.05, 0.1) is 17.2 Å². The average Bonchev–Trinajstić information content (AvgIpc) is 3.54. The summed E-state index contributed by atoms with van der Waals surface area (Å²) in [6, 6.07) is 37.6. The number of ether oxygens (including phenoxy) is 1. The third-order valence-electron chi connectivity index (χ3n) is 9.99. The van der Waals surface area contributed by atoms with Crippen LogP contribution >= 0.6 is 0 Å². The number of esters is 1. The number of benzene rings is 4. The number of nitrogens with zero attached hydrogens (tertiary/aromatic N) is 2. The first-order valence-electron chi connectivity index (χ1n) is 18.6. The molecule has 3 N–H and O–H groups in total. The molecule has 1 aliphatic heterocycles. The molecule has 10 heteroatoms. The van der Waals surface area contributed by atoms with Crippen molar-refractivity contribution >= 4 is 23.9 Å². The third kappa shape index (κ3) is 9.39. The van der Waals surface area contributed by atoms with Crippen LogP contribution in [0, 0.1) is 6.92 Å². The Morgan fingerprint density at radius 2 is 1.38 bits per heavy atom. The van der Waals surface area contributed by atoms with Crippen LogP contribution < -0.4 is 10.6 Å². The summed E-state index contributed by atoms with van der Waals surface area (Å²) in [6.45, 7) is 4.82. The lowest BCUT2D eigenvalue weighted by Crippen LogP contribution is -2.48. The van der Waals surface area contributed by atoms with Crippen LogP contribution in [0.3, 0.4) is 0 Å². The van der Waals surface area contributed by atoms with E-state index in [1.807, 2.05) is 120 Å². The Balaban J connectivity index is 1.05. The number of nitrogens with one attached hydrogen (secondary N) is 2. The Morgan fingerprint density at radius 3 is 2.04 bits per heavy atom. The van der Waals surface area contributed by atoms with E-state index in [-0.39, 0.29) is 24.1 Å². The standard InChI is InChI=1S/C45H46N4O6/c1-31-38(43(51)52)29-39(36-19-11-5-12-20-36)48(31)28-26-46-40(50)21-13-6-14-27-49-32(2)41(44(53)55-30-33-15-7-3-8-16-33)42(47-45(49)54)37-24-22-35(23-25-37)34-17-9-4-10-18-34/h3-5,7-12,15-20,22-25,29,42H,6,13-14,21,26-28,30H2,1-2H3,(H,46,50)(H,47,54)(H,51,52). The van der Waals surface area contributed by atoms with E-state index in [1.165, 1.54) is 0 Å². The Labute approximate surface area is 321 Å². The van der Waals surface area contributed by atoms with Crippen molar-refractivity contribution in [1.29, 1.82) is 0 Å². The number of carbonyl (C=O) groups excluding carboxylic acids is 3. The second-order valence-corrected chi connectivity index (χ2v) is 13.6. The number of urea groups is 1. The van der Waals surface area contributed by atoms with Crippen molar-refractivity contribution in [2.24, 2.45) is 0 Å². The molecule has 6 rings (SSSR count). The molecule has 0 spiro atoms. The maximum Gasteiger partial charge on any atom is 0.338 e. The zero-order chi connectivity index (χ0) is 38.7. The molecule has 1 aliphatic rings. The minimum Gasteiger partial charge on any atom is -0.478 e. The molecule has 0 fully saturated rings. The number of aromatic carboxylic acids is 1. The van der Waals surface area contributed by atoms with Crippen molar-refractivity contribution < 1.29 is 29.0 Å². The molecule has 0 saturated heterocycles. The van der Waals surface area contributed by atoms with Crippen molar-refractivity contribution in [2.75, 3.05) is 13.1 Å². The molecule has 1 atom stereocenters. The number of aromatic nitrogens is 1. The number of carboxylic acids is 1. The summed E-state index contributed by atoms with van der Waals surface area (Å²) in [5.41, 5.74) is 7.21. The third-order valence-corrected chi connectivity index (χ3v) is 9.99. The quantitative estimate of drug-likeness (QED) is 0.0690. The van der Waals surface area contributed by atoms with E-state index >= 15 is 0 Å². The lowest BCUT2D eigenvalue weighted by Gasteiger charge is -2.35. The second-order valence-electron chi connectivity index (χ2n) is 13.6. The van der Waals surface area contributed by atoms with E-state index in [2.05, 4.69) is 10.6 Å². The van der Waals surface area contributed by atoms with Crippen LogP contribution in [-0.4, -0.2) is 51.5 Å². The molecular weight excluding hydrogens is 693 g/mol. The lowest BCUT2D eigenvalue weighted by molar-refractivity contribution is -0.141. The van der Waals surface area contributed by atoms with Crippen LogP contribution in [0.25, 0.3) is 22.4 Å². The molecule has 2 heterocycles. The zero-order valence-corrected chi connectivity index (χ0v) is 31.2. The highest BCUT2D eigenvalue weighted by Gasteiger charge is 2.36. The van der Waals surface area contributed by atoms with Gasteiger partial charge >= 0.3 is 18.0 Å².